The molecule has 0 aliphatic carbocycles. The van der Waals surface area contributed by atoms with Crippen LogP contribution in [0.2, 0.25) is 5.02 Å². The minimum Gasteiger partial charge on any atom is -0.481 e. The molecule has 0 saturated heterocycles. The van der Waals surface area contributed by atoms with E-state index >= 15 is 0 Å². The van der Waals surface area contributed by atoms with E-state index in [1.807, 2.05) is 50.2 Å². The molecule has 0 heterocycles. The average molecular weight is 430 g/mol. The third-order valence-corrected chi connectivity index (χ3v) is 4.52. The molecule has 22 heavy (non-hydrogen) atoms. The molecule has 5 heteroatoms. The van der Waals surface area contributed by atoms with Gasteiger partial charge in [-0.15, -0.1) is 0 Å². The molecule has 2 aromatic rings. The normalized spacial score (nSPS) is 11.9. The zero-order chi connectivity index (χ0) is 16.3. The molecule has 0 radical (unpaired) electrons. The summed E-state index contributed by atoms with van der Waals surface area (Å²) in [7, 11) is 0. The molecule has 0 saturated carbocycles. The monoisotopic (exact) mass is 429 g/mol. The highest BCUT2D eigenvalue weighted by Gasteiger charge is 2.15. The zero-order valence-corrected chi connectivity index (χ0v) is 15.5. The second-order valence-electron chi connectivity index (χ2n) is 5.13. The van der Waals surface area contributed by atoms with E-state index in [1.165, 1.54) is 0 Å². The van der Waals surface area contributed by atoms with E-state index in [4.69, 9.17) is 16.3 Å². The molecule has 0 aromatic heterocycles. The molecule has 0 unspecified atom stereocenters. The van der Waals surface area contributed by atoms with Crippen LogP contribution in [0.4, 0.5) is 5.69 Å². The van der Waals surface area contributed by atoms with Crippen molar-refractivity contribution in [3.63, 3.8) is 0 Å². The van der Waals surface area contributed by atoms with Crippen molar-refractivity contribution < 1.29 is 9.53 Å². The lowest BCUT2D eigenvalue weighted by atomic mass is 10.1. The fraction of sp³-hybridized carbons (Fsp3) is 0.235. The summed E-state index contributed by atoms with van der Waals surface area (Å²) in [5.41, 5.74) is 2.62. The molecule has 0 fully saturated rings. The molecule has 0 aliphatic rings. The molecular formula is C17H17ClINO2. The summed E-state index contributed by atoms with van der Waals surface area (Å²) in [6.07, 6.45) is -0.598. The van der Waals surface area contributed by atoms with Crippen molar-refractivity contribution >= 4 is 45.8 Å². The number of carbonyl (C=O) groups excluding carboxylic acids is 1. The number of hydrogen-bond acceptors (Lipinski definition) is 2. The van der Waals surface area contributed by atoms with Gasteiger partial charge in [0.25, 0.3) is 5.91 Å². The quantitative estimate of drug-likeness (QED) is 0.697. The Kier molecular flexibility index (Phi) is 5.69. The van der Waals surface area contributed by atoms with Crippen LogP contribution in [0.15, 0.2) is 36.4 Å². The summed E-state index contributed by atoms with van der Waals surface area (Å²) in [6, 6.07) is 11.3. The summed E-state index contributed by atoms with van der Waals surface area (Å²) in [6.45, 7) is 5.55. The number of halogens is 2. The molecule has 116 valence electrons. The number of benzene rings is 2. The number of nitrogens with one attached hydrogen (secondary N) is 1. The van der Waals surface area contributed by atoms with Gasteiger partial charge in [0.05, 0.1) is 0 Å². The van der Waals surface area contributed by atoms with Gasteiger partial charge in [0.15, 0.2) is 6.10 Å². The van der Waals surface area contributed by atoms with E-state index in [1.54, 1.807) is 6.92 Å². The van der Waals surface area contributed by atoms with E-state index in [-0.39, 0.29) is 5.91 Å². The van der Waals surface area contributed by atoms with Crippen molar-refractivity contribution in [1.29, 1.82) is 0 Å². The van der Waals surface area contributed by atoms with Crippen LogP contribution < -0.4 is 10.1 Å². The number of rotatable bonds is 4. The Hall–Kier alpha value is -1.27. The van der Waals surface area contributed by atoms with Crippen LogP contribution in [-0.4, -0.2) is 12.0 Å². The van der Waals surface area contributed by atoms with E-state index in [0.717, 1.165) is 25.4 Å². The van der Waals surface area contributed by atoms with Gasteiger partial charge < -0.3 is 10.1 Å². The Labute approximate surface area is 149 Å². The molecule has 3 nitrogen and oxygen atoms in total. The lowest BCUT2D eigenvalue weighted by Crippen LogP contribution is -2.30. The summed E-state index contributed by atoms with van der Waals surface area (Å²) in [5, 5.41) is 3.56. The lowest BCUT2D eigenvalue weighted by Gasteiger charge is -2.16. The first-order valence-electron chi connectivity index (χ1n) is 6.86. The fourth-order valence-electron chi connectivity index (χ4n) is 2.01. The van der Waals surface area contributed by atoms with Crippen molar-refractivity contribution in [2.75, 3.05) is 5.32 Å². The Morgan fingerprint density at radius 1 is 1.18 bits per heavy atom. The smallest absolute Gasteiger partial charge is 0.265 e. The Balaban J connectivity index is 2.03. The third kappa shape index (κ3) is 4.36. The Morgan fingerprint density at radius 3 is 2.27 bits per heavy atom. The number of aryl methyl sites for hydroxylation is 2. The van der Waals surface area contributed by atoms with Crippen LogP contribution in [0, 0.1) is 17.4 Å². The summed E-state index contributed by atoms with van der Waals surface area (Å²) >= 11 is 8.35. The van der Waals surface area contributed by atoms with Gasteiger partial charge in [0.2, 0.25) is 0 Å². The van der Waals surface area contributed by atoms with Crippen molar-refractivity contribution in [2.24, 2.45) is 0 Å². The van der Waals surface area contributed by atoms with Gasteiger partial charge in [-0.2, -0.15) is 0 Å². The van der Waals surface area contributed by atoms with E-state index in [2.05, 4.69) is 27.9 Å². The minimum absolute atomic E-state index is 0.188. The number of amides is 1. The van der Waals surface area contributed by atoms with Crippen molar-refractivity contribution in [3.05, 3.63) is 56.1 Å². The van der Waals surface area contributed by atoms with Gasteiger partial charge in [0.1, 0.15) is 5.75 Å². The van der Waals surface area contributed by atoms with E-state index in [9.17, 15) is 4.79 Å². The van der Waals surface area contributed by atoms with Crippen LogP contribution in [0.5, 0.6) is 5.75 Å². The van der Waals surface area contributed by atoms with Gasteiger partial charge in [0, 0.05) is 14.3 Å². The summed E-state index contributed by atoms with van der Waals surface area (Å²) in [5.74, 6) is 0.455. The first-order chi connectivity index (χ1) is 10.4. The number of anilines is 1. The fourth-order valence-corrected chi connectivity index (χ4v) is 2.48. The Morgan fingerprint density at radius 2 is 1.73 bits per heavy atom. The van der Waals surface area contributed by atoms with Crippen molar-refractivity contribution in [1.82, 2.24) is 0 Å². The van der Waals surface area contributed by atoms with Gasteiger partial charge >= 0.3 is 0 Å². The van der Waals surface area contributed by atoms with Gasteiger partial charge in [-0.3, -0.25) is 4.79 Å². The molecule has 0 spiro atoms. The molecular weight excluding hydrogens is 413 g/mol. The summed E-state index contributed by atoms with van der Waals surface area (Å²) < 4.78 is 6.83. The van der Waals surface area contributed by atoms with Crippen LogP contribution in [-0.2, 0) is 4.79 Å². The maximum absolute atomic E-state index is 12.2. The van der Waals surface area contributed by atoms with Gasteiger partial charge in [-0.05, 0) is 90.9 Å². The predicted molar refractivity (Wildman–Crippen MR) is 98.8 cm³/mol. The number of ether oxygens (including phenoxy) is 1. The second-order valence-corrected chi connectivity index (χ2v) is 6.75. The molecule has 2 rings (SSSR count). The molecule has 0 bridgehead atoms. The number of carbonyl (C=O) groups is 1. The third-order valence-electron chi connectivity index (χ3n) is 3.20. The highest BCUT2D eigenvalue weighted by molar-refractivity contribution is 14.1. The van der Waals surface area contributed by atoms with Crippen molar-refractivity contribution in [2.45, 2.75) is 26.9 Å². The van der Waals surface area contributed by atoms with Crippen LogP contribution in [0.25, 0.3) is 0 Å². The van der Waals surface area contributed by atoms with E-state index < -0.39 is 6.10 Å². The SMILES string of the molecule is Cc1cc(O[C@H](C)C(=O)Nc2ccc(I)cc2)cc(C)c1Cl. The highest BCUT2D eigenvalue weighted by Crippen LogP contribution is 2.26. The first-order valence-corrected chi connectivity index (χ1v) is 8.32. The average Bonchev–Trinajstić information content (AvgIpc) is 2.47. The standard InChI is InChI=1S/C17H17ClINO2/c1-10-8-15(9-11(2)16(10)18)22-12(3)17(21)20-14-6-4-13(19)5-7-14/h4-9,12H,1-3H3,(H,20,21)/t12-/m1/s1. The number of hydrogen-bond donors (Lipinski definition) is 1. The van der Waals surface area contributed by atoms with Crippen LogP contribution >= 0.6 is 34.2 Å². The Bertz CT molecular complexity index is 663. The van der Waals surface area contributed by atoms with Crippen molar-refractivity contribution in [3.8, 4) is 5.75 Å². The van der Waals surface area contributed by atoms with Gasteiger partial charge in [-0.1, -0.05) is 11.6 Å². The second kappa shape index (κ2) is 7.33. The molecule has 1 atom stereocenters. The largest absolute Gasteiger partial charge is 0.481 e. The first kappa shape index (κ1) is 17.1. The maximum Gasteiger partial charge on any atom is 0.265 e. The van der Waals surface area contributed by atoms with Crippen LogP contribution in [0.1, 0.15) is 18.1 Å². The van der Waals surface area contributed by atoms with Crippen LogP contribution in [0.3, 0.4) is 0 Å². The zero-order valence-electron chi connectivity index (χ0n) is 12.6. The summed E-state index contributed by atoms with van der Waals surface area (Å²) in [4.78, 5) is 12.2. The predicted octanol–water partition coefficient (Wildman–Crippen LogP) is 4.97. The highest BCUT2D eigenvalue weighted by atomic mass is 127. The molecule has 0 aliphatic heterocycles. The molecule has 2 aromatic carbocycles. The topological polar surface area (TPSA) is 38.3 Å². The lowest BCUT2D eigenvalue weighted by molar-refractivity contribution is -0.122. The van der Waals surface area contributed by atoms with Gasteiger partial charge in [-0.25, -0.2) is 0 Å². The minimum atomic E-state index is -0.598. The van der Waals surface area contributed by atoms with E-state index in [0.29, 0.717) is 5.75 Å². The molecule has 1 N–H and O–H groups in total. The maximum atomic E-state index is 12.2. The molecule has 1 amide bonds.